The summed E-state index contributed by atoms with van der Waals surface area (Å²) in [6, 6.07) is 0. The molecule has 0 atom stereocenters. The maximum absolute atomic E-state index is 11.5. The molecule has 0 unspecified atom stereocenters. The number of nitrogens with one attached hydrogen (secondary N) is 2. The fourth-order valence-corrected chi connectivity index (χ4v) is 1.97. The first kappa shape index (κ1) is 7.03. The van der Waals surface area contributed by atoms with Crippen LogP contribution in [0.3, 0.4) is 0 Å². The van der Waals surface area contributed by atoms with Crippen molar-refractivity contribution in [2.45, 2.75) is 19.6 Å². The summed E-state index contributed by atoms with van der Waals surface area (Å²) in [5.74, 6) is 0.0531. The van der Waals surface area contributed by atoms with Gasteiger partial charge in [-0.05, 0) is 0 Å². The molecule has 1 aromatic rings. The maximum Gasteiger partial charge on any atom is 0.252 e. The van der Waals surface area contributed by atoms with Crippen LogP contribution >= 0.6 is 0 Å². The zero-order valence-electron chi connectivity index (χ0n) is 7.05. The summed E-state index contributed by atoms with van der Waals surface area (Å²) < 4.78 is 0. The molecule has 4 heteroatoms. The second kappa shape index (κ2) is 2.29. The SMILES string of the molecule is O=C1NCc2cnc3c(c21)CNC3. The van der Waals surface area contributed by atoms with Crippen molar-refractivity contribution >= 4 is 5.91 Å². The Hall–Kier alpha value is -1.42. The topological polar surface area (TPSA) is 54.0 Å². The normalized spacial score (nSPS) is 18.3. The van der Waals surface area contributed by atoms with E-state index in [4.69, 9.17) is 0 Å². The number of nitrogens with zero attached hydrogens (tertiary/aromatic N) is 1. The van der Waals surface area contributed by atoms with E-state index in [1.165, 1.54) is 0 Å². The highest BCUT2D eigenvalue weighted by Crippen LogP contribution is 2.24. The third-order valence-corrected chi connectivity index (χ3v) is 2.61. The number of rotatable bonds is 0. The summed E-state index contributed by atoms with van der Waals surface area (Å²) in [6.07, 6.45) is 1.80. The fourth-order valence-electron chi connectivity index (χ4n) is 1.97. The van der Waals surface area contributed by atoms with E-state index in [1.807, 2.05) is 0 Å². The molecule has 0 aliphatic carbocycles. The Labute approximate surface area is 75.4 Å². The Morgan fingerprint density at radius 3 is 3.15 bits per heavy atom. The van der Waals surface area contributed by atoms with Gasteiger partial charge in [-0.2, -0.15) is 0 Å². The highest BCUT2D eigenvalue weighted by molar-refractivity contribution is 5.99. The average molecular weight is 175 g/mol. The minimum absolute atomic E-state index is 0.0531. The van der Waals surface area contributed by atoms with E-state index in [0.29, 0.717) is 6.54 Å². The molecule has 66 valence electrons. The molecule has 2 aliphatic heterocycles. The van der Waals surface area contributed by atoms with Crippen molar-refractivity contribution in [1.82, 2.24) is 15.6 Å². The van der Waals surface area contributed by atoms with Crippen molar-refractivity contribution in [3.63, 3.8) is 0 Å². The number of aromatic nitrogens is 1. The molecule has 0 spiro atoms. The molecule has 1 aromatic heterocycles. The number of carbonyl (C=O) groups is 1. The predicted octanol–water partition coefficient (Wildman–Crippen LogP) is -0.0718. The van der Waals surface area contributed by atoms with E-state index in [0.717, 1.165) is 35.5 Å². The lowest BCUT2D eigenvalue weighted by molar-refractivity contribution is 0.0965. The molecule has 4 nitrogen and oxygen atoms in total. The van der Waals surface area contributed by atoms with Gasteiger partial charge in [0, 0.05) is 37.0 Å². The van der Waals surface area contributed by atoms with E-state index in [-0.39, 0.29) is 5.91 Å². The highest BCUT2D eigenvalue weighted by atomic mass is 16.1. The first-order valence-electron chi connectivity index (χ1n) is 4.35. The van der Waals surface area contributed by atoms with E-state index in [9.17, 15) is 4.79 Å². The van der Waals surface area contributed by atoms with Crippen LogP contribution in [-0.2, 0) is 19.6 Å². The smallest absolute Gasteiger partial charge is 0.252 e. The predicted molar refractivity (Wildman–Crippen MR) is 46.0 cm³/mol. The van der Waals surface area contributed by atoms with Gasteiger partial charge < -0.3 is 10.6 Å². The van der Waals surface area contributed by atoms with Crippen LogP contribution in [0.4, 0.5) is 0 Å². The van der Waals surface area contributed by atoms with E-state index in [2.05, 4.69) is 15.6 Å². The molecule has 0 saturated carbocycles. The summed E-state index contributed by atoms with van der Waals surface area (Å²) in [5, 5.41) is 6.00. The zero-order valence-corrected chi connectivity index (χ0v) is 7.05. The lowest BCUT2D eigenvalue weighted by Crippen LogP contribution is -2.14. The van der Waals surface area contributed by atoms with E-state index < -0.39 is 0 Å². The number of carbonyl (C=O) groups excluding carboxylic acids is 1. The van der Waals surface area contributed by atoms with Crippen LogP contribution in [0.15, 0.2) is 6.20 Å². The van der Waals surface area contributed by atoms with Gasteiger partial charge in [0.2, 0.25) is 0 Å². The molecule has 3 heterocycles. The fraction of sp³-hybridized carbons (Fsp3) is 0.333. The molecule has 0 saturated heterocycles. The summed E-state index contributed by atoms with van der Waals surface area (Å²) in [5.41, 5.74) is 4.01. The van der Waals surface area contributed by atoms with E-state index in [1.54, 1.807) is 6.20 Å². The van der Waals surface area contributed by atoms with Gasteiger partial charge >= 0.3 is 0 Å². The lowest BCUT2D eigenvalue weighted by Gasteiger charge is -2.01. The van der Waals surface area contributed by atoms with Gasteiger partial charge in [-0.1, -0.05) is 0 Å². The first-order valence-corrected chi connectivity index (χ1v) is 4.35. The maximum atomic E-state index is 11.5. The van der Waals surface area contributed by atoms with Crippen molar-refractivity contribution in [2.75, 3.05) is 0 Å². The third-order valence-electron chi connectivity index (χ3n) is 2.61. The average Bonchev–Trinajstić information content (AvgIpc) is 2.70. The third kappa shape index (κ3) is 0.833. The molecular formula is C9H9N3O. The van der Waals surface area contributed by atoms with Gasteiger partial charge in [0.25, 0.3) is 5.91 Å². The molecule has 0 bridgehead atoms. The summed E-state index contributed by atoms with van der Waals surface area (Å²) >= 11 is 0. The van der Waals surface area contributed by atoms with Crippen molar-refractivity contribution < 1.29 is 4.79 Å². The van der Waals surface area contributed by atoms with Crippen LogP contribution in [0.1, 0.15) is 27.2 Å². The number of amides is 1. The van der Waals surface area contributed by atoms with Crippen LogP contribution in [0.2, 0.25) is 0 Å². The van der Waals surface area contributed by atoms with Crippen LogP contribution in [-0.4, -0.2) is 10.9 Å². The van der Waals surface area contributed by atoms with Crippen LogP contribution in [0, 0.1) is 0 Å². The minimum atomic E-state index is 0.0531. The quantitative estimate of drug-likeness (QED) is 0.580. The Bertz CT molecular complexity index is 400. The number of fused-ring (bicyclic) bond motifs is 3. The molecule has 2 aliphatic rings. The van der Waals surface area contributed by atoms with Crippen molar-refractivity contribution in [2.24, 2.45) is 0 Å². The summed E-state index contributed by atoms with van der Waals surface area (Å²) in [4.78, 5) is 15.8. The molecular weight excluding hydrogens is 166 g/mol. The number of pyridine rings is 1. The molecule has 0 radical (unpaired) electrons. The van der Waals surface area contributed by atoms with Gasteiger partial charge in [0.05, 0.1) is 11.3 Å². The van der Waals surface area contributed by atoms with Gasteiger partial charge in [0.15, 0.2) is 0 Å². The molecule has 13 heavy (non-hydrogen) atoms. The van der Waals surface area contributed by atoms with Crippen molar-refractivity contribution in [3.05, 3.63) is 28.6 Å². The van der Waals surface area contributed by atoms with E-state index >= 15 is 0 Å². The van der Waals surface area contributed by atoms with Crippen molar-refractivity contribution in [3.8, 4) is 0 Å². The molecule has 1 amide bonds. The minimum Gasteiger partial charge on any atom is -0.348 e. The van der Waals surface area contributed by atoms with Crippen LogP contribution < -0.4 is 10.6 Å². The first-order chi connectivity index (χ1) is 6.36. The second-order valence-electron chi connectivity index (χ2n) is 3.37. The molecule has 0 fully saturated rings. The molecule has 2 N–H and O–H groups in total. The Kier molecular flexibility index (Phi) is 1.24. The van der Waals surface area contributed by atoms with Gasteiger partial charge in [-0.3, -0.25) is 9.78 Å². The largest absolute Gasteiger partial charge is 0.348 e. The monoisotopic (exact) mass is 175 g/mol. The Balaban J connectivity index is 2.29. The molecule has 3 rings (SSSR count). The summed E-state index contributed by atoms with van der Waals surface area (Å²) in [6.45, 7) is 2.20. The standard InChI is InChI=1S/C9H9N3O/c13-9-8-5(2-12-9)1-11-7-4-10-3-6(7)8/h1,10H,2-4H2,(H,12,13). The lowest BCUT2D eigenvalue weighted by atomic mass is 10.1. The second-order valence-corrected chi connectivity index (χ2v) is 3.37. The zero-order chi connectivity index (χ0) is 8.84. The van der Waals surface area contributed by atoms with Crippen LogP contribution in [0.5, 0.6) is 0 Å². The molecule has 0 aromatic carbocycles. The number of hydrogen-bond donors (Lipinski definition) is 2. The Morgan fingerprint density at radius 2 is 2.23 bits per heavy atom. The van der Waals surface area contributed by atoms with Crippen molar-refractivity contribution in [1.29, 1.82) is 0 Å². The van der Waals surface area contributed by atoms with Gasteiger partial charge in [0.1, 0.15) is 0 Å². The Morgan fingerprint density at radius 1 is 1.31 bits per heavy atom. The highest BCUT2D eigenvalue weighted by Gasteiger charge is 2.27. The number of hydrogen-bond acceptors (Lipinski definition) is 3. The summed E-state index contributed by atoms with van der Waals surface area (Å²) in [7, 11) is 0. The van der Waals surface area contributed by atoms with Crippen LogP contribution in [0.25, 0.3) is 0 Å². The van der Waals surface area contributed by atoms with Gasteiger partial charge in [-0.15, -0.1) is 0 Å². The van der Waals surface area contributed by atoms with Gasteiger partial charge in [-0.25, -0.2) is 0 Å².